The molecule has 3 nitrogen and oxygen atoms in total. The molecule has 1 aliphatic rings. The van der Waals surface area contributed by atoms with Gasteiger partial charge in [0.05, 0.1) is 6.54 Å². The largest absolute Gasteiger partial charge is 0.358 e. The van der Waals surface area contributed by atoms with E-state index in [0.717, 1.165) is 0 Å². The van der Waals surface area contributed by atoms with Crippen LogP contribution in [0.3, 0.4) is 0 Å². The third-order valence-electron chi connectivity index (χ3n) is 2.41. The van der Waals surface area contributed by atoms with Gasteiger partial charge in [-0.25, -0.2) is 0 Å². The zero-order valence-electron chi connectivity index (χ0n) is 8.29. The van der Waals surface area contributed by atoms with Gasteiger partial charge in [0.15, 0.2) is 0 Å². The molecule has 1 N–H and O–H groups in total. The van der Waals surface area contributed by atoms with E-state index in [9.17, 15) is 4.79 Å². The lowest BCUT2D eigenvalue weighted by molar-refractivity contribution is -0.142. The highest BCUT2D eigenvalue weighted by Crippen LogP contribution is 2.31. The minimum atomic E-state index is -0.340. The molecule has 1 atom stereocenters. The van der Waals surface area contributed by atoms with Crippen molar-refractivity contribution in [1.29, 1.82) is 0 Å². The fourth-order valence-electron chi connectivity index (χ4n) is 1.47. The number of morpholine rings is 1. The number of amides is 1. The number of carbonyl (C=O) groups excluding carboxylic acids is 1. The van der Waals surface area contributed by atoms with Crippen molar-refractivity contribution in [2.45, 2.75) is 19.4 Å². The first-order valence-corrected chi connectivity index (χ1v) is 5.39. The number of nitrogens with one attached hydrogen (secondary N) is 1. The van der Waals surface area contributed by atoms with E-state index in [1.165, 1.54) is 9.75 Å². The van der Waals surface area contributed by atoms with E-state index >= 15 is 0 Å². The van der Waals surface area contributed by atoms with Crippen molar-refractivity contribution in [1.82, 2.24) is 5.32 Å². The van der Waals surface area contributed by atoms with Gasteiger partial charge in [-0.05, 0) is 26.0 Å². The van der Waals surface area contributed by atoms with Crippen molar-refractivity contribution in [3.63, 3.8) is 0 Å². The van der Waals surface area contributed by atoms with E-state index < -0.39 is 0 Å². The molecule has 1 saturated heterocycles. The van der Waals surface area contributed by atoms with Crippen molar-refractivity contribution in [2.75, 3.05) is 13.2 Å². The Labute approximate surface area is 87.1 Å². The Morgan fingerprint density at radius 2 is 2.36 bits per heavy atom. The highest BCUT2D eigenvalue weighted by Gasteiger charge is 2.33. The van der Waals surface area contributed by atoms with Crippen molar-refractivity contribution in [3.8, 4) is 0 Å². The Balaban J connectivity index is 2.20. The molecule has 1 amide bonds. The van der Waals surface area contributed by atoms with Gasteiger partial charge in [0, 0.05) is 9.75 Å². The lowest BCUT2D eigenvalue weighted by Gasteiger charge is -2.32. The third-order valence-corrected chi connectivity index (χ3v) is 3.65. The predicted octanol–water partition coefficient (Wildman–Crippen LogP) is 1.42. The van der Waals surface area contributed by atoms with Gasteiger partial charge in [-0.15, -0.1) is 11.3 Å². The molecular weight excluding hydrogens is 198 g/mol. The van der Waals surface area contributed by atoms with E-state index in [4.69, 9.17) is 4.74 Å². The molecule has 1 fully saturated rings. The first kappa shape index (κ1) is 9.68. The number of thiophene rings is 1. The van der Waals surface area contributed by atoms with Crippen LogP contribution in [-0.2, 0) is 15.1 Å². The first-order valence-electron chi connectivity index (χ1n) is 4.58. The number of hydrogen-bond acceptors (Lipinski definition) is 3. The smallest absolute Gasteiger partial charge is 0.246 e. The molecule has 76 valence electrons. The Bertz CT molecular complexity index is 349. The second-order valence-corrected chi connectivity index (χ2v) is 4.99. The Morgan fingerprint density at radius 1 is 1.57 bits per heavy atom. The predicted molar refractivity (Wildman–Crippen MR) is 55.4 cm³/mol. The Hall–Kier alpha value is -0.870. The molecule has 0 saturated carbocycles. The SMILES string of the molecule is Cc1ccc(C2(C)CNC(=O)CO2)s1. The molecule has 0 radical (unpaired) electrons. The number of ether oxygens (including phenoxy) is 1. The van der Waals surface area contributed by atoms with E-state index in [-0.39, 0.29) is 18.1 Å². The summed E-state index contributed by atoms with van der Waals surface area (Å²) in [7, 11) is 0. The lowest BCUT2D eigenvalue weighted by atomic mass is 10.0. The van der Waals surface area contributed by atoms with Gasteiger partial charge in [-0.2, -0.15) is 0 Å². The fourth-order valence-corrected chi connectivity index (χ4v) is 2.44. The summed E-state index contributed by atoms with van der Waals surface area (Å²) in [6, 6.07) is 4.14. The first-order chi connectivity index (χ1) is 6.60. The molecule has 1 unspecified atom stereocenters. The van der Waals surface area contributed by atoms with Crippen LogP contribution in [0.2, 0.25) is 0 Å². The van der Waals surface area contributed by atoms with Crippen molar-refractivity contribution in [2.24, 2.45) is 0 Å². The summed E-state index contributed by atoms with van der Waals surface area (Å²) >= 11 is 1.72. The number of hydrogen-bond donors (Lipinski definition) is 1. The molecule has 0 aliphatic carbocycles. The number of rotatable bonds is 1. The molecular formula is C10H13NO2S. The highest BCUT2D eigenvalue weighted by atomic mass is 32.1. The second-order valence-electron chi connectivity index (χ2n) is 3.71. The fraction of sp³-hybridized carbons (Fsp3) is 0.500. The van der Waals surface area contributed by atoms with Crippen molar-refractivity contribution >= 4 is 17.2 Å². The normalized spacial score (nSPS) is 27.4. The molecule has 0 spiro atoms. The maximum atomic E-state index is 11.0. The summed E-state index contributed by atoms with van der Waals surface area (Å²) < 4.78 is 5.58. The maximum Gasteiger partial charge on any atom is 0.246 e. The summed E-state index contributed by atoms with van der Waals surface area (Å²) in [6.07, 6.45) is 0. The average molecular weight is 211 g/mol. The van der Waals surface area contributed by atoms with E-state index in [0.29, 0.717) is 6.54 Å². The molecule has 2 rings (SSSR count). The molecule has 1 aromatic heterocycles. The van der Waals surface area contributed by atoms with Gasteiger partial charge < -0.3 is 10.1 Å². The summed E-state index contributed by atoms with van der Waals surface area (Å²) in [5.74, 6) is -0.0317. The van der Waals surface area contributed by atoms with Gasteiger partial charge in [-0.1, -0.05) is 0 Å². The molecule has 4 heteroatoms. The highest BCUT2D eigenvalue weighted by molar-refractivity contribution is 7.12. The van der Waals surface area contributed by atoms with Crippen LogP contribution in [0.5, 0.6) is 0 Å². The second kappa shape index (κ2) is 3.37. The van der Waals surface area contributed by atoms with Crippen LogP contribution >= 0.6 is 11.3 Å². The van der Waals surface area contributed by atoms with Crippen LogP contribution in [0.25, 0.3) is 0 Å². The summed E-state index contributed by atoms with van der Waals surface area (Å²) in [5.41, 5.74) is -0.340. The zero-order valence-corrected chi connectivity index (χ0v) is 9.11. The summed E-state index contributed by atoms with van der Waals surface area (Å²) in [4.78, 5) is 13.4. The lowest BCUT2D eigenvalue weighted by Crippen LogP contribution is -2.48. The van der Waals surface area contributed by atoms with Crippen LogP contribution in [-0.4, -0.2) is 19.1 Å². The van der Waals surface area contributed by atoms with Crippen molar-refractivity contribution < 1.29 is 9.53 Å². The van der Waals surface area contributed by atoms with Crippen LogP contribution in [0, 0.1) is 6.92 Å². The quantitative estimate of drug-likeness (QED) is 0.763. The molecule has 1 aromatic rings. The summed E-state index contributed by atoms with van der Waals surface area (Å²) in [6.45, 7) is 4.80. The molecule has 0 bridgehead atoms. The minimum absolute atomic E-state index is 0.0317. The van der Waals surface area contributed by atoms with Gasteiger partial charge >= 0.3 is 0 Å². The monoisotopic (exact) mass is 211 g/mol. The van der Waals surface area contributed by atoms with Gasteiger partial charge in [0.2, 0.25) is 5.91 Å². The van der Waals surface area contributed by atoms with Gasteiger partial charge in [0.1, 0.15) is 12.2 Å². The average Bonchev–Trinajstić information content (AvgIpc) is 2.58. The van der Waals surface area contributed by atoms with Crippen LogP contribution in [0.4, 0.5) is 0 Å². The third kappa shape index (κ3) is 1.67. The minimum Gasteiger partial charge on any atom is -0.358 e. The Kier molecular flexibility index (Phi) is 2.33. The summed E-state index contributed by atoms with van der Waals surface area (Å²) in [5, 5.41) is 2.82. The van der Waals surface area contributed by atoms with E-state index in [2.05, 4.69) is 24.4 Å². The van der Waals surface area contributed by atoms with E-state index in [1.807, 2.05) is 6.92 Å². The van der Waals surface area contributed by atoms with Crippen LogP contribution in [0.15, 0.2) is 12.1 Å². The van der Waals surface area contributed by atoms with Gasteiger partial charge in [-0.3, -0.25) is 4.79 Å². The molecule has 14 heavy (non-hydrogen) atoms. The van der Waals surface area contributed by atoms with Gasteiger partial charge in [0.25, 0.3) is 0 Å². The number of aryl methyl sites for hydroxylation is 1. The topological polar surface area (TPSA) is 38.3 Å². The molecule has 1 aliphatic heterocycles. The molecule has 0 aromatic carbocycles. The standard InChI is InChI=1S/C10H13NO2S/c1-7-3-4-8(14-7)10(2)6-11-9(12)5-13-10/h3-4H,5-6H2,1-2H3,(H,11,12). The van der Waals surface area contributed by atoms with Crippen LogP contribution in [0.1, 0.15) is 16.7 Å². The molecule has 2 heterocycles. The van der Waals surface area contributed by atoms with E-state index in [1.54, 1.807) is 11.3 Å². The number of carbonyl (C=O) groups is 1. The Morgan fingerprint density at radius 3 is 2.86 bits per heavy atom. The zero-order chi connectivity index (χ0) is 10.2. The maximum absolute atomic E-state index is 11.0. The van der Waals surface area contributed by atoms with Crippen LogP contribution < -0.4 is 5.32 Å². The van der Waals surface area contributed by atoms with Crippen molar-refractivity contribution in [3.05, 3.63) is 21.9 Å².